The lowest BCUT2D eigenvalue weighted by atomic mass is 10.1. The van der Waals surface area contributed by atoms with E-state index in [-0.39, 0.29) is 0 Å². The van der Waals surface area contributed by atoms with Gasteiger partial charge in [-0.3, -0.25) is 4.55 Å². The zero-order chi connectivity index (χ0) is 21.3. The quantitative estimate of drug-likeness (QED) is 0.332. The first kappa shape index (κ1) is 21.9. The lowest BCUT2D eigenvalue weighted by Crippen LogP contribution is -2.35. The number of halogens is 4. The largest absolute Gasteiger partial charge is 0.522 e. The van der Waals surface area contributed by atoms with Gasteiger partial charge in [0.05, 0.1) is 11.4 Å². The van der Waals surface area contributed by atoms with Crippen LogP contribution in [0.25, 0.3) is 0 Å². The van der Waals surface area contributed by atoms with Crippen LogP contribution >= 0.6 is 0 Å². The van der Waals surface area contributed by atoms with Crippen LogP contribution in [0.5, 0.6) is 0 Å². The molecular weight excluding hydrogens is 428 g/mol. The summed E-state index contributed by atoms with van der Waals surface area (Å²) < 4.78 is 95.2. The molecule has 2 aromatic rings. The Morgan fingerprint density at radius 3 is 1.75 bits per heavy atom. The highest BCUT2D eigenvalue weighted by Crippen LogP contribution is 2.46. The number of para-hydroxylation sites is 2. The van der Waals surface area contributed by atoms with E-state index >= 15 is 0 Å². The summed E-state index contributed by atoms with van der Waals surface area (Å²) in [6, 6.07) is 15.9. The molecule has 0 saturated heterocycles. The molecule has 0 aliphatic carbocycles. The minimum atomic E-state index is -5.84. The maximum absolute atomic E-state index is 13.8. The Balaban J connectivity index is 0.000000300. The van der Waals surface area contributed by atoms with Crippen molar-refractivity contribution >= 4 is 31.9 Å². The van der Waals surface area contributed by atoms with E-state index in [0.29, 0.717) is 16.9 Å². The molecule has 1 unspecified atom stereocenters. The van der Waals surface area contributed by atoms with Crippen molar-refractivity contribution < 1.29 is 38.4 Å². The first-order chi connectivity index (χ1) is 12.7. The first-order valence-corrected chi connectivity index (χ1v) is 10.2. The molecule has 13 heteroatoms. The van der Waals surface area contributed by atoms with Crippen molar-refractivity contribution in [2.75, 3.05) is 16.3 Å². The van der Waals surface area contributed by atoms with Crippen molar-refractivity contribution in [3.05, 3.63) is 60.2 Å². The Bertz CT molecular complexity index is 1040. The molecule has 3 rings (SSSR count). The van der Waals surface area contributed by atoms with Gasteiger partial charge in [0.1, 0.15) is 6.17 Å². The minimum absolute atomic E-state index is 0.353. The highest BCUT2D eigenvalue weighted by molar-refractivity contribution is 7.87. The van der Waals surface area contributed by atoms with Gasteiger partial charge in [-0.25, -0.2) is 4.31 Å². The van der Waals surface area contributed by atoms with E-state index in [0.717, 1.165) is 4.31 Å². The van der Waals surface area contributed by atoms with Crippen LogP contribution in [0.3, 0.4) is 0 Å². The van der Waals surface area contributed by atoms with E-state index in [1.54, 1.807) is 60.5 Å². The van der Waals surface area contributed by atoms with Gasteiger partial charge in [0, 0.05) is 7.05 Å². The van der Waals surface area contributed by atoms with Gasteiger partial charge >= 0.3 is 26.0 Å². The highest BCUT2D eigenvalue weighted by atomic mass is 32.3. The molecule has 0 radical (unpaired) electrons. The Labute approximate surface area is 158 Å². The van der Waals surface area contributed by atoms with Crippen LogP contribution in [-0.2, 0) is 20.5 Å². The second kappa shape index (κ2) is 7.56. The SMILES string of the molecule is CN1c2ccccc2N(S(=O)(=O)F)C1c1ccccc1.O=S(=O)(O)C(F)(F)F. The molecule has 7 nitrogen and oxygen atoms in total. The lowest BCUT2D eigenvalue weighted by Gasteiger charge is -2.27. The highest BCUT2D eigenvalue weighted by Gasteiger charge is 2.44. The number of benzene rings is 2. The van der Waals surface area contributed by atoms with E-state index in [2.05, 4.69) is 0 Å². The van der Waals surface area contributed by atoms with Crippen molar-refractivity contribution in [2.24, 2.45) is 0 Å². The molecular formula is C15H14F4N2O5S2. The Hall–Kier alpha value is -2.38. The molecule has 28 heavy (non-hydrogen) atoms. The molecule has 154 valence electrons. The van der Waals surface area contributed by atoms with Crippen molar-refractivity contribution in [3.63, 3.8) is 0 Å². The maximum Gasteiger partial charge on any atom is 0.522 e. The molecule has 0 saturated carbocycles. The summed E-state index contributed by atoms with van der Waals surface area (Å²) in [5.74, 6) is 0. The van der Waals surface area contributed by atoms with Gasteiger partial charge in [-0.1, -0.05) is 46.4 Å². The van der Waals surface area contributed by atoms with Crippen molar-refractivity contribution in [1.29, 1.82) is 0 Å². The maximum atomic E-state index is 13.8. The van der Waals surface area contributed by atoms with Crippen molar-refractivity contribution in [2.45, 2.75) is 11.7 Å². The number of alkyl halides is 3. The summed E-state index contributed by atoms with van der Waals surface area (Å²) in [6.45, 7) is 0. The molecule has 0 fully saturated rings. The molecule has 1 N–H and O–H groups in total. The molecule has 1 heterocycles. The van der Waals surface area contributed by atoms with E-state index < -0.39 is 32.2 Å². The van der Waals surface area contributed by atoms with Crippen LogP contribution < -0.4 is 9.21 Å². The van der Waals surface area contributed by atoms with Gasteiger partial charge in [-0.05, 0) is 17.7 Å². The molecule has 2 aromatic carbocycles. The Morgan fingerprint density at radius 1 is 0.893 bits per heavy atom. The van der Waals surface area contributed by atoms with Crippen LogP contribution in [-0.4, -0.2) is 33.9 Å². The number of hydrogen-bond acceptors (Lipinski definition) is 5. The summed E-state index contributed by atoms with van der Waals surface area (Å²) in [6.07, 6.45) is -0.705. The predicted molar refractivity (Wildman–Crippen MR) is 94.1 cm³/mol. The van der Waals surface area contributed by atoms with Gasteiger partial charge in [0.15, 0.2) is 0 Å². The fourth-order valence-electron chi connectivity index (χ4n) is 2.59. The second-order valence-electron chi connectivity index (χ2n) is 5.54. The average molecular weight is 442 g/mol. The third kappa shape index (κ3) is 4.54. The van der Waals surface area contributed by atoms with Crippen LogP contribution in [0, 0.1) is 0 Å². The second-order valence-corrected chi connectivity index (χ2v) is 8.17. The van der Waals surface area contributed by atoms with Crippen LogP contribution in [0.4, 0.5) is 28.4 Å². The van der Waals surface area contributed by atoms with Gasteiger partial charge in [-0.2, -0.15) is 30.0 Å². The lowest BCUT2D eigenvalue weighted by molar-refractivity contribution is -0.0510. The molecule has 1 aliphatic heterocycles. The monoisotopic (exact) mass is 442 g/mol. The first-order valence-electron chi connectivity index (χ1n) is 7.39. The molecule has 1 atom stereocenters. The van der Waals surface area contributed by atoms with Gasteiger partial charge in [0.2, 0.25) is 0 Å². The molecule has 0 aromatic heterocycles. The number of fused-ring (bicyclic) bond motifs is 1. The van der Waals surface area contributed by atoms with Crippen LogP contribution in [0.1, 0.15) is 11.7 Å². The van der Waals surface area contributed by atoms with E-state index in [9.17, 15) is 25.5 Å². The minimum Gasteiger partial charge on any atom is -0.348 e. The number of hydrogen-bond donors (Lipinski definition) is 1. The molecule has 1 aliphatic rings. The summed E-state index contributed by atoms with van der Waals surface area (Å²) >= 11 is 0. The third-order valence-electron chi connectivity index (χ3n) is 3.71. The van der Waals surface area contributed by atoms with Crippen molar-refractivity contribution in [3.8, 4) is 0 Å². The van der Waals surface area contributed by atoms with E-state index in [4.69, 9.17) is 13.0 Å². The van der Waals surface area contributed by atoms with Crippen molar-refractivity contribution in [1.82, 2.24) is 0 Å². The Morgan fingerprint density at radius 2 is 1.32 bits per heavy atom. The number of nitrogens with zero attached hydrogens (tertiary/aromatic N) is 2. The summed E-state index contributed by atoms with van der Waals surface area (Å²) in [5.41, 5.74) is -3.78. The fraction of sp³-hybridized carbons (Fsp3) is 0.200. The summed E-state index contributed by atoms with van der Waals surface area (Å²) in [5, 5.41) is 0. The Kier molecular flexibility index (Phi) is 5.92. The van der Waals surface area contributed by atoms with Gasteiger partial charge in [0.25, 0.3) is 0 Å². The van der Waals surface area contributed by atoms with Crippen LogP contribution in [0.15, 0.2) is 54.6 Å². The topological polar surface area (TPSA) is 95.0 Å². The normalized spacial score (nSPS) is 17.0. The molecule has 0 spiro atoms. The zero-order valence-electron chi connectivity index (χ0n) is 14.1. The standard InChI is InChI=1S/C14H13FN2O2S.CHF3O3S/c1-16-12-9-5-6-10-13(12)17(20(15,18)19)14(16)11-7-3-2-4-8-11;2-1(3,4)8(5,6)7/h2-10,14H,1H3;(H,5,6,7). The number of rotatable bonds is 2. The number of anilines is 2. The summed E-state index contributed by atoms with van der Waals surface area (Å²) in [7, 11) is -8.94. The van der Waals surface area contributed by atoms with Gasteiger partial charge < -0.3 is 4.90 Å². The zero-order valence-corrected chi connectivity index (χ0v) is 15.7. The third-order valence-corrected chi connectivity index (χ3v) is 5.16. The van der Waals surface area contributed by atoms with E-state index in [1.807, 2.05) is 6.07 Å². The van der Waals surface area contributed by atoms with Crippen LogP contribution in [0.2, 0.25) is 0 Å². The van der Waals surface area contributed by atoms with E-state index in [1.165, 1.54) is 0 Å². The molecule has 0 amide bonds. The summed E-state index contributed by atoms with van der Waals surface area (Å²) in [4.78, 5) is 1.75. The molecule has 0 bridgehead atoms. The fourth-order valence-corrected chi connectivity index (χ4v) is 3.48. The smallest absolute Gasteiger partial charge is 0.348 e. The average Bonchev–Trinajstić information content (AvgIpc) is 2.88. The predicted octanol–water partition coefficient (Wildman–Crippen LogP) is 3.25. The van der Waals surface area contributed by atoms with Gasteiger partial charge in [-0.15, -0.1) is 0 Å².